The van der Waals surface area contributed by atoms with Gasteiger partial charge in [0.15, 0.2) is 5.60 Å². The number of hydrogen-bond donors (Lipinski definition) is 1. The van der Waals surface area contributed by atoms with Crippen LogP contribution in [0.25, 0.3) is 0 Å². The molecule has 23 heavy (non-hydrogen) atoms. The normalized spacial score (nSPS) is 21.7. The molecule has 0 saturated carbocycles. The maximum absolute atomic E-state index is 12.8. The van der Waals surface area contributed by atoms with Crippen molar-refractivity contribution in [3.8, 4) is 0 Å². The van der Waals surface area contributed by atoms with Gasteiger partial charge in [-0.15, -0.1) is 0 Å². The highest BCUT2D eigenvalue weighted by Crippen LogP contribution is 2.47. The fraction of sp³-hybridized carbons (Fsp3) is 1.00. The standard InChI is InChI=1S/C18H35F3O2/c1-12(2)10-16(8,15(5,6)7)14(4)23-13(3)11-17(9,22)18(19,20)21/h12-14,22H,10-11H2,1-9H3. The van der Waals surface area contributed by atoms with Gasteiger partial charge in [-0.1, -0.05) is 41.5 Å². The van der Waals surface area contributed by atoms with Crippen LogP contribution in [0.4, 0.5) is 13.2 Å². The van der Waals surface area contributed by atoms with Gasteiger partial charge in [0.1, 0.15) is 0 Å². The Morgan fingerprint density at radius 3 is 1.61 bits per heavy atom. The zero-order valence-electron chi connectivity index (χ0n) is 16.1. The molecule has 0 aromatic rings. The van der Waals surface area contributed by atoms with Crippen LogP contribution in [0.2, 0.25) is 0 Å². The summed E-state index contributed by atoms with van der Waals surface area (Å²) in [5.41, 5.74) is -2.97. The van der Waals surface area contributed by atoms with Crippen molar-refractivity contribution in [3.63, 3.8) is 0 Å². The van der Waals surface area contributed by atoms with E-state index >= 15 is 0 Å². The second kappa shape index (κ2) is 7.30. The van der Waals surface area contributed by atoms with Crippen molar-refractivity contribution in [3.05, 3.63) is 0 Å². The highest BCUT2D eigenvalue weighted by atomic mass is 19.4. The Balaban J connectivity index is 5.11. The van der Waals surface area contributed by atoms with Gasteiger partial charge in [0.05, 0.1) is 12.2 Å². The number of ether oxygens (including phenoxy) is 1. The van der Waals surface area contributed by atoms with E-state index in [1.165, 1.54) is 0 Å². The monoisotopic (exact) mass is 340 g/mol. The highest BCUT2D eigenvalue weighted by molar-refractivity contribution is 4.93. The lowest BCUT2D eigenvalue weighted by molar-refractivity contribution is -0.264. The lowest BCUT2D eigenvalue weighted by atomic mass is 9.61. The topological polar surface area (TPSA) is 29.5 Å². The van der Waals surface area contributed by atoms with Gasteiger partial charge in [0, 0.05) is 6.42 Å². The molecule has 2 nitrogen and oxygen atoms in total. The van der Waals surface area contributed by atoms with Crippen molar-refractivity contribution < 1.29 is 23.0 Å². The summed E-state index contributed by atoms with van der Waals surface area (Å²) < 4.78 is 44.4. The second-order valence-corrected chi connectivity index (χ2v) is 8.83. The van der Waals surface area contributed by atoms with Crippen molar-refractivity contribution in [2.24, 2.45) is 16.7 Å². The van der Waals surface area contributed by atoms with Gasteiger partial charge in [-0.05, 0) is 43.9 Å². The van der Waals surface area contributed by atoms with Crippen molar-refractivity contribution in [2.75, 3.05) is 0 Å². The molecule has 4 atom stereocenters. The molecule has 1 N–H and O–H groups in total. The third-order valence-electron chi connectivity index (χ3n) is 5.17. The minimum absolute atomic E-state index is 0.0526. The van der Waals surface area contributed by atoms with E-state index in [4.69, 9.17) is 4.74 Å². The summed E-state index contributed by atoms with van der Waals surface area (Å²) in [4.78, 5) is 0. The van der Waals surface area contributed by atoms with Crippen molar-refractivity contribution in [1.82, 2.24) is 0 Å². The molecule has 0 aliphatic heterocycles. The first-order valence-corrected chi connectivity index (χ1v) is 8.38. The summed E-state index contributed by atoms with van der Waals surface area (Å²) in [6.07, 6.45) is -5.11. The van der Waals surface area contributed by atoms with Gasteiger partial charge < -0.3 is 9.84 Å². The second-order valence-electron chi connectivity index (χ2n) is 8.83. The number of aliphatic hydroxyl groups is 1. The molecule has 0 radical (unpaired) electrons. The molecule has 0 spiro atoms. The fourth-order valence-corrected chi connectivity index (χ4v) is 3.15. The number of hydrogen-bond acceptors (Lipinski definition) is 2. The third kappa shape index (κ3) is 5.93. The number of halogens is 3. The maximum atomic E-state index is 12.8. The van der Waals surface area contributed by atoms with E-state index in [1.54, 1.807) is 6.92 Å². The molecule has 5 heteroatoms. The van der Waals surface area contributed by atoms with E-state index < -0.39 is 24.3 Å². The van der Waals surface area contributed by atoms with Crippen LogP contribution in [-0.2, 0) is 4.74 Å². The Labute approximate surface area is 139 Å². The average molecular weight is 340 g/mol. The van der Waals surface area contributed by atoms with Crippen molar-refractivity contribution in [2.45, 2.75) is 99.1 Å². The Bertz CT molecular complexity index is 369. The molecule has 0 heterocycles. The van der Waals surface area contributed by atoms with Gasteiger partial charge in [0.2, 0.25) is 0 Å². The Morgan fingerprint density at radius 1 is 0.870 bits per heavy atom. The minimum atomic E-state index is -4.65. The van der Waals surface area contributed by atoms with Crippen LogP contribution in [0.3, 0.4) is 0 Å². The first kappa shape index (κ1) is 22.7. The molecule has 0 saturated heterocycles. The first-order chi connectivity index (χ1) is 9.94. The molecular weight excluding hydrogens is 305 g/mol. The van der Waals surface area contributed by atoms with E-state index in [0.717, 1.165) is 13.3 Å². The molecule has 0 amide bonds. The van der Waals surface area contributed by atoms with Crippen LogP contribution >= 0.6 is 0 Å². The van der Waals surface area contributed by atoms with Gasteiger partial charge >= 0.3 is 6.18 Å². The fourth-order valence-electron chi connectivity index (χ4n) is 3.15. The Kier molecular flexibility index (Phi) is 7.21. The average Bonchev–Trinajstić information content (AvgIpc) is 2.23. The van der Waals surface area contributed by atoms with Crippen LogP contribution in [0.1, 0.15) is 75.2 Å². The van der Waals surface area contributed by atoms with Crippen molar-refractivity contribution >= 4 is 0 Å². The molecule has 0 aromatic heterocycles. The summed E-state index contributed by atoms with van der Waals surface area (Å²) in [5, 5.41) is 9.64. The van der Waals surface area contributed by atoms with Crippen LogP contribution in [0.15, 0.2) is 0 Å². The summed E-state index contributed by atoms with van der Waals surface area (Å²) in [5.74, 6) is 0.457. The quantitative estimate of drug-likeness (QED) is 0.655. The highest BCUT2D eigenvalue weighted by Gasteiger charge is 2.51. The van der Waals surface area contributed by atoms with Crippen LogP contribution in [0, 0.1) is 16.7 Å². The first-order valence-electron chi connectivity index (χ1n) is 8.38. The molecular formula is C18H35F3O2. The SMILES string of the molecule is CC(C)CC(C)(C(C)OC(C)CC(C)(O)C(F)(F)F)C(C)(C)C. The van der Waals surface area contributed by atoms with E-state index in [0.29, 0.717) is 5.92 Å². The Hall–Kier alpha value is -0.290. The number of rotatable bonds is 7. The lowest BCUT2D eigenvalue weighted by Gasteiger charge is -2.48. The van der Waals surface area contributed by atoms with E-state index in [1.807, 2.05) is 6.92 Å². The van der Waals surface area contributed by atoms with E-state index in [-0.39, 0.29) is 16.9 Å². The molecule has 4 unspecified atom stereocenters. The van der Waals surface area contributed by atoms with Gasteiger partial charge in [-0.3, -0.25) is 0 Å². The van der Waals surface area contributed by atoms with Crippen LogP contribution in [-0.4, -0.2) is 29.1 Å². The largest absolute Gasteiger partial charge is 0.416 e. The predicted octanol–water partition coefficient (Wildman–Crippen LogP) is 5.58. The molecule has 0 aromatic carbocycles. The summed E-state index contributed by atoms with van der Waals surface area (Å²) in [7, 11) is 0. The van der Waals surface area contributed by atoms with Crippen molar-refractivity contribution in [1.29, 1.82) is 0 Å². The summed E-state index contributed by atoms with van der Waals surface area (Å²) >= 11 is 0. The Morgan fingerprint density at radius 2 is 1.30 bits per heavy atom. The zero-order chi connectivity index (χ0) is 18.9. The molecule has 0 bridgehead atoms. The lowest BCUT2D eigenvalue weighted by Crippen LogP contribution is -2.48. The molecule has 0 rings (SSSR count). The van der Waals surface area contributed by atoms with Crippen LogP contribution < -0.4 is 0 Å². The smallest absolute Gasteiger partial charge is 0.381 e. The number of alkyl halides is 3. The maximum Gasteiger partial charge on any atom is 0.416 e. The van der Waals surface area contributed by atoms with Gasteiger partial charge in [-0.2, -0.15) is 13.2 Å². The van der Waals surface area contributed by atoms with Crippen LogP contribution in [0.5, 0.6) is 0 Å². The molecule has 140 valence electrons. The predicted molar refractivity (Wildman–Crippen MR) is 88.3 cm³/mol. The summed E-state index contributed by atoms with van der Waals surface area (Å²) in [6, 6.07) is 0. The van der Waals surface area contributed by atoms with Gasteiger partial charge in [0.25, 0.3) is 0 Å². The molecule has 0 aliphatic rings. The van der Waals surface area contributed by atoms with E-state index in [9.17, 15) is 18.3 Å². The molecule has 0 fully saturated rings. The zero-order valence-corrected chi connectivity index (χ0v) is 16.1. The van der Waals surface area contributed by atoms with E-state index in [2.05, 4.69) is 41.5 Å². The van der Waals surface area contributed by atoms with Gasteiger partial charge in [-0.25, -0.2) is 0 Å². The minimum Gasteiger partial charge on any atom is -0.381 e. The molecule has 0 aliphatic carbocycles. The summed E-state index contributed by atoms with van der Waals surface area (Å²) in [6.45, 7) is 17.1. The third-order valence-corrected chi connectivity index (χ3v) is 5.17.